The van der Waals surface area contributed by atoms with Crippen LogP contribution in [0.3, 0.4) is 0 Å². The van der Waals surface area contributed by atoms with Gasteiger partial charge in [-0.2, -0.15) is 0 Å². The van der Waals surface area contributed by atoms with E-state index in [0.717, 1.165) is 0 Å². The fourth-order valence-corrected chi connectivity index (χ4v) is 2.13. The van der Waals surface area contributed by atoms with Crippen molar-refractivity contribution in [3.63, 3.8) is 0 Å². The molecular weight excluding hydrogens is 260 g/mol. The van der Waals surface area contributed by atoms with E-state index in [-0.39, 0.29) is 13.2 Å². The lowest BCUT2D eigenvalue weighted by molar-refractivity contribution is -0.309. The molecule has 19 heavy (non-hydrogen) atoms. The first kappa shape index (κ1) is 15.1. The van der Waals surface area contributed by atoms with E-state index in [1.807, 2.05) is 0 Å². The highest BCUT2D eigenvalue weighted by Gasteiger charge is 2.43. The van der Waals surface area contributed by atoms with Gasteiger partial charge in [0.15, 0.2) is 6.29 Å². The number of aliphatic hydroxyl groups excluding tert-OH is 5. The maximum Gasteiger partial charge on any atom is 0.186 e. The van der Waals surface area contributed by atoms with E-state index in [4.69, 9.17) is 14.2 Å². The summed E-state index contributed by atoms with van der Waals surface area (Å²) in [6.07, 6.45) is -8.88. The Morgan fingerprint density at radius 3 is 2.21 bits per heavy atom. The largest absolute Gasteiger partial charge is 0.388 e. The third kappa shape index (κ3) is 3.06. The predicted molar refractivity (Wildman–Crippen MR) is 60.1 cm³/mol. The zero-order chi connectivity index (χ0) is 14.2. The fourth-order valence-electron chi connectivity index (χ4n) is 2.13. The molecule has 0 saturated carbocycles. The van der Waals surface area contributed by atoms with Crippen LogP contribution in [0.25, 0.3) is 0 Å². The van der Waals surface area contributed by atoms with E-state index in [1.54, 1.807) is 6.92 Å². The van der Waals surface area contributed by atoms with Gasteiger partial charge < -0.3 is 39.7 Å². The van der Waals surface area contributed by atoms with Crippen LogP contribution in [0.4, 0.5) is 0 Å². The second-order valence-electron chi connectivity index (χ2n) is 4.94. The zero-order valence-electron chi connectivity index (χ0n) is 10.5. The van der Waals surface area contributed by atoms with E-state index in [2.05, 4.69) is 0 Å². The number of hydrogen-bond acceptors (Lipinski definition) is 8. The Hall–Kier alpha value is -0.320. The molecule has 8 heteroatoms. The average molecular weight is 280 g/mol. The minimum atomic E-state index is -1.44. The highest BCUT2D eigenvalue weighted by molar-refractivity contribution is 4.88. The maximum absolute atomic E-state index is 9.84. The van der Waals surface area contributed by atoms with Crippen molar-refractivity contribution in [3.8, 4) is 0 Å². The molecule has 0 aromatic heterocycles. The van der Waals surface area contributed by atoms with Crippen LogP contribution < -0.4 is 0 Å². The third-order valence-electron chi connectivity index (χ3n) is 3.50. The Labute approximate surface area is 110 Å². The van der Waals surface area contributed by atoms with Crippen molar-refractivity contribution in [2.24, 2.45) is 0 Å². The molecular formula is C11H20O8. The summed E-state index contributed by atoms with van der Waals surface area (Å²) in [7, 11) is 0. The molecule has 5 N–H and O–H groups in total. The molecule has 8 nitrogen and oxygen atoms in total. The Kier molecular flexibility index (Phi) is 4.75. The average Bonchev–Trinajstić information content (AvgIpc) is 2.39. The van der Waals surface area contributed by atoms with Crippen molar-refractivity contribution >= 4 is 0 Å². The zero-order valence-corrected chi connectivity index (χ0v) is 10.5. The quantitative estimate of drug-likeness (QED) is 0.361. The van der Waals surface area contributed by atoms with Crippen molar-refractivity contribution in [1.82, 2.24) is 0 Å². The van der Waals surface area contributed by atoms with Crippen LogP contribution in [-0.2, 0) is 14.2 Å². The Morgan fingerprint density at radius 1 is 0.842 bits per heavy atom. The molecule has 2 rings (SSSR count). The van der Waals surface area contributed by atoms with Gasteiger partial charge in [-0.05, 0) is 6.92 Å². The van der Waals surface area contributed by atoms with Crippen LogP contribution >= 0.6 is 0 Å². The van der Waals surface area contributed by atoms with E-state index in [9.17, 15) is 25.5 Å². The minimum absolute atomic E-state index is 0.0324. The maximum atomic E-state index is 9.84. The van der Waals surface area contributed by atoms with Gasteiger partial charge in [-0.25, -0.2) is 0 Å². The number of aliphatic hydroxyl groups is 5. The predicted octanol–water partition coefficient (Wildman–Crippen LogP) is -3.05. The van der Waals surface area contributed by atoms with Gasteiger partial charge in [0.25, 0.3) is 0 Å². The molecule has 0 amide bonds. The monoisotopic (exact) mass is 280 g/mol. The summed E-state index contributed by atoms with van der Waals surface area (Å²) in [6, 6.07) is 0. The SMILES string of the molecule is C[C@@H]1OC[C@@H](O[C@@H]2OC[C@@H](O)[C@H](O)[C@H]2O)[C@H](O)[C@H]1O. The number of rotatable bonds is 2. The van der Waals surface area contributed by atoms with Crippen molar-refractivity contribution in [2.45, 2.75) is 55.9 Å². The topological polar surface area (TPSA) is 129 Å². The fraction of sp³-hybridized carbons (Fsp3) is 1.00. The molecule has 0 aromatic carbocycles. The van der Waals surface area contributed by atoms with E-state index >= 15 is 0 Å². The second kappa shape index (κ2) is 5.98. The first-order valence-electron chi connectivity index (χ1n) is 6.21. The molecule has 8 atom stereocenters. The van der Waals surface area contributed by atoms with E-state index < -0.39 is 49.0 Å². The van der Waals surface area contributed by atoms with Crippen LogP contribution in [0.2, 0.25) is 0 Å². The van der Waals surface area contributed by atoms with Crippen LogP contribution in [0.15, 0.2) is 0 Å². The molecule has 2 fully saturated rings. The molecule has 2 heterocycles. The molecule has 112 valence electrons. The third-order valence-corrected chi connectivity index (χ3v) is 3.50. The molecule has 0 aromatic rings. The molecule has 2 saturated heterocycles. The van der Waals surface area contributed by atoms with Gasteiger partial charge in [0.05, 0.1) is 19.3 Å². The Morgan fingerprint density at radius 2 is 1.53 bits per heavy atom. The van der Waals surface area contributed by atoms with Gasteiger partial charge in [0.1, 0.15) is 36.6 Å². The molecule has 0 unspecified atom stereocenters. The summed E-state index contributed by atoms with van der Waals surface area (Å²) in [5.74, 6) is 0. The van der Waals surface area contributed by atoms with Gasteiger partial charge in [-0.15, -0.1) is 0 Å². The summed E-state index contributed by atoms with van der Waals surface area (Å²) < 4.78 is 15.6. The Bertz CT molecular complexity index is 272. The van der Waals surface area contributed by atoms with Crippen LogP contribution in [-0.4, -0.2) is 87.8 Å². The molecule has 0 radical (unpaired) electrons. The second-order valence-corrected chi connectivity index (χ2v) is 4.94. The van der Waals surface area contributed by atoms with Crippen molar-refractivity contribution in [1.29, 1.82) is 0 Å². The summed E-state index contributed by atoms with van der Waals surface area (Å²) in [5, 5.41) is 48.0. The highest BCUT2D eigenvalue weighted by atomic mass is 16.7. The minimum Gasteiger partial charge on any atom is -0.388 e. The molecule has 0 bridgehead atoms. The number of ether oxygens (including phenoxy) is 3. The van der Waals surface area contributed by atoms with Crippen LogP contribution in [0.1, 0.15) is 6.92 Å². The first-order chi connectivity index (χ1) is 8.91. The molecule has 2 aliphatic rings. The summed E-state index contributed by atoms with van der Waals surface area (Å²) in [4.78, 5) is 0. The van der Waals surface area contributed by atoms with Crippen LogP contribution in [0, 0.1) is 0 Å². The van der Waals surface area contributed by atoms with Gasteiger partial charge in [0, 0.05) is 0 Å². The molecule has 0 spiro atoms. The normalized spacial score (nSPS) is 52.1. The lowest BCUT2D eigenvalue weighted by Crippen LogP contribution is -2.58. The molecule has 2 aliphatic heterocycles. The highest BCUT2D eigenvalue weighted by Crippen LogP contribution is 2.23. The lowest BCUT2D eigenvalue weighted by Gasteiger charge is -2.41. The van der Waals surface area contributed by atoms with Gasteiger partial charge in [0.2, 0.25) is 0 Å². The summed E-state index contributed by atoms with van der Waals surface area (Å²) in [6.45, 7) is 1.46. The van der Waals surface area contributed by atoms with Gasteiger partial charge in [-0.3, -0.25) is 0 Å². The standard InChI is InChI=1S/C11H20O8/c1-4-7(13)9(15)6(3-17-4)19-11-10(16)8(14)5(12)2-18-11/h4-16H,2-3H2,1H3/t4-,5+,6+,7-,8-,9-,10+,11-/m0/s1. The van der Waals surface area contributed by atoms with Crippen molar-refractivity contribution < 1.29 is 39.7 Å². The van der Waals surface area contributed by atoms with Crippen LogP contribution in [0.5, 0.6) is 0 Å². The van der Waals surface area contributed by atoms with Gasteiger partial charge in [-0.1, -0.05) is 0 Å². The van der Waals surface area contributed by atoms with Gasteiger partial charge >= 0.3 is 0 Å². The van der Waals surface area contributed by atoms with E-state index in [0.29, 0.717) is 0 Å². The van der Waals surface area contributed by atoms with Crippen molar-refractivity contribution in [3.05, 3.63) is 0 Å². The summed E-state index contributed by atoms with van der Waals surface area (Å²) in [5.41, 5.74) is 0. The number of hydrogen-bond donors (Lipinski definition) is 5. The van der Waals surface area contributed by atoms with E-state index in [1.165, 1.54) is 0 Å². The first-order valence-corrected chi connectivity index (χ1v) is 6.21. The summed E-state index contributed by atoms with van der Waals surface area (Å²) >= 11 is 0. The molecule has 0 aliphatic carbocycles. The smallest absolute Gasteiger partial charge is 0.186 e. The van der Waals surface area contributed by atoms with Crippen molar-refractivity contribution in [2.75, 3.05) is 13.2 Å². The Balaban J connectivity index is 1.94. The lowest BCUT2D eigenvalue weighted by atomic mass is 10.0.